The molecule has 5 nitrogen and oxygen atoms in total. The molecule has 1 fully saturated rings. The summed E-state index contributed by atoms with van der Waals surface area (Å²) < 4.78 is 10.1. The van der Waals surface area contributed by atoms with E-state index in [9.17, 15) is 4.79 Å². The van der Waals surface area contributed by atoms with Crippen LogP contribution in [-0.4, -0.2) is 23.8 Å². The van der Waals surface area contributed by atoms with E-state index in [4.69, 9.17) is 9.26 Å². The maximum Gasteiger partial charge on any atom is 0.308 e. The fourth-order valence-electron chi connectivity index (χ4n) is 2.60. The Hall–Kier alpha value is -1.36. The summed E-state index contributed by atoms with van der Waals surface area (Å²) in [7, 11) is 0. The molecule has 1 heterocycles. The van der Waals surface area contributed by atoms with Crippen molar-refractivity contribution >= 4 is 5.97 Å². The summed E-state index contributed by atoms with van der Waals surface area (Å²) in [6.45, 7) is 4.89. The summed E-state index contributed by atoms with van der Waals surface area (Å²) in [5.74, 6) is 0.821. The van der Waals surface area contributed by atoms with E-state index >= 15 is 0 Å². The van der Waals surface area contributed by atoms with Crippen molar-refractivity contribution in [3.63, 3.8) is 0 Å². The Morgan fingerprint density at radius 2 is 2.42 bits per heavy atom. The Balaban J connectivity index is 1.79. The van der Waals surface area contributed by atoms with Crippen LogP contribution in [0, 0.1) is 12.8 Å². The quantitative estimate of drug-likeness (QED) is 0.828. The molecular formula is C14H22N2O3. The zero-order valence-corrected chi connectivity index (χ0v) is 11.6. The first-order chi connectivity index (χ1) is 9.19. The molecule has 2 rings (SSSR count). The SMILES string of the molecule is CCOC(=O)C1CCCC(NCc2cc(C)on2)C1. The summed E-state index contributed by atoms with van der Waals surface area (Å²) in [5, 5.41) is 7.40. The molecule has 2 atom stereocenters. The van der Waals surface area contributed by atoms with Gasteiger partial charge < -0.3 is 14.6 Å². The molecule has 2 unspecified atom stereocenters. The maximum absolute atomic E-state index is 11.7. The van der Waals surface area contributed by atoms with Crippen molar-refractivity contribution in [1.82, 2.24) is 10.5 Å². The number of hydrogen-bond donors (Lipinski definition) is 1. The van der Waals surface area contributed by atoms with Crippen LogP contribution < -0.4 is 5.32 Å². The third-order valence-corrected chi connectivity index (χ3v) is 3.54. The zero-order chi connectivity index (χ0) is 13.7. The van der Waals surface area contributed by atoms with E-state index in [1.807, 2.05) is 19.9 Å². The Morgan fingerprint density at radius 1 is 1.58 bits per heavy atom. The average Bonchev–Trinajstić information content (AvgIpc) is 2.83. The van der Waals surface area contributed by atoms with E-state index in [0.29, 0.717) is 19.2 Å². The number of carbonyl (C=O) groups is 1. The molecule has 1 aliphatic rings. The van der Waals surface area contributed by atoms with Crippen LogP contribution in [-0.2, 0) is 16.1 Å². The lowest BCUT2D eigenvalue weighted by atomic mass is 9.85. The van der Waals surface area contributed by atoms with Gasteiger partial charge in [-0.05, 0) is 33.1 Å². The summed E-state index contributed by atoms with van der Waals surface area (Å²) in [6.07, 6.45) is 3.97. The molecule has 0 amide bonds. The van der Waals surface area contributed by atoms with Gasteiger partial charge in [-0.25, -0.2) is 0 Å². The van der Waals surface area contributed by atoms with Gasteiger partial charge >= 0.3 is 5.97 Å². The smallest absolute Gasteiger partial charge is 0.308 e. The number of esters is 1. The second kappa shape index (κ2) is 6.70. The molecule has 0 saturated heterocycles. The highest BCUT2D eigenvalue weighted by atomic mass is 16.5. The minimum absolute atomic E-state index is 0.0465. The van der Waals surface area contributed by atoms with Crippen LogP contribution in [0.5, 0.6) is 0 Å². The van der Waals surface area contributed by atoms with E-state index in [2.05, 4.69) is 10.5 Å². The Morgan fingerprint density at radius 3 is 3.11 bits per heavy atom. The molecule has 1 saturated carbocycles. The molecule has 1 N–H and O–H groups in total. The van der Waals surface area contributed by atoms with Crippen molar-refractivity contribution < 1.29 is 14.1 Å². The van der Waals surface area contributed by atoms with Gasteiger partial charge in [0.05, 0.1) is 18.2 Å². The summed E-state index contributed by atoms with van der Waals surface area (Å²) in [6, 6.07) is 2.29. The number of aromatic nitrogens is 1. The number of hydrogen-bond acceptors (Lipinski definition) is 5. The zero-order valence-electron chi connectivity index (χ0n) is 11.6. The molecule has 106 valence electrons. The first-order valence-corrected chi connectivity index (χ1v) is 7.01. The molecule has 1 aromatic rings. The van der Waals surface area contributed by atoms with Crippen LogP contribution in [0.1, 0.15) is 44.1 Å². The number of nitrogens with zero attached hydrogens (tertiary/aromatic N) is 1. The monoisotopic (exact) mass is 266 g/mol. The summed E-state index contributed by atoms with van der Waals surface area (Å²) in [5.41, 5.74) is 0.913. The summed E-state index contributed by atoms with van der Waals surface area (Å²) >= 11 is 0. The fraction of sp³-hybridized carbons (Fsp3) is 0.714. The van der Waals surface area contributed by atoms with Crippen molar-refractivity contribution in [2.45, 2.75) is 52.1 Å². The molecule has 0 aromatic carbocycles. The highest BCUT2D eigenvalue weighted by Gasteiger charge is 2.27. The molecule has 0 radical (unpaired) electrons. The van der Waals surface area contributed by atoms with Crippen molar-refractivity contribution in [3.05, 3.63) is 17.5 Å². The van der Waals surface area contributed by atoms with Gasteiger partial charge in [-0.15, -0.1) is 0 Å². The van der Waals surface area contributed by atoms with E-state index < -0.39 is 0 Å². The minimum atomic E-state index is -0.0497. The van der Waals surface area contributed by atoms with Crippen LogP contribution in [0.4, 0.5) is 0 Å². The van der Waals surface area contributed by atoms with Crippen LogP contribution in [0.15, 0.2) is 10.6 Å². The van der Waals surface area contributed by atoms with Crippen molar-refractivity contribution in [2.75, 3.05) is 6.61 Å². The van der Waals surface area contributed by atoms with Crippen molar-refractivity contribution in [3.8, 4) is 0 Å². The van der Waals surface area contributed by atoms with Crippen LogP contribution in [0.25, 0.3) is 0 Å². The highest BCUT2D eigenvalue weighted by Crippen LogP contribution is 2.25. The molecule has 1 aliphatic carbocycles. The molecule has 0 bridgehead atoms. The van der Waals surface area contributed by atoms with Gasteiger partial charge in [0, 0.05) is 18.7 Å². The lowest BCUT2D eigenvalue weighted by Crippen LogP contribution is -2.36. The topological polar surface area (TPSA) is 64.4 Å². The lowest BCUT2D eigenvalue weighted by Gasteiger charge is -2.28. The normalized spacial score (nSPS) is 23.3. The van der Waals surface area contributed by atoms with Crippen molar-refractivity contribution in [1.29, 1.82) is 0 Å². The highest BCUT2D eigenvalue weighted by molar-refractivity contribution is 5.72. The van der Waals surface area contributed by atoms with E-state index in [1.165, 1.54) is 0 Å². The Bertz CT molecular complexity index is 417. The molecule has 5 heteroatoms. The Labute approximate surface area is 113 Å². The predicted octanol–water partition coefficient (Wildman–Crippen LogP) is 2.19. The molecule has 19 heavy (non-hydrogen) atoms. The van der Waals surface area contributed by atoms with Gasteiger partial charge in [0.25, 0.3) is 0 Å². The third kappa shape index (κ3) is 4.06. The standard InChI is InChI=1S/C14H22N2O3/c1-3-18-14(17)11-5-4-6-12(8-11)15-9-13-7-10(2)19-16-13/h7,11-12,15H,3-6,8-9H2,1-2H3. The van der Waals surface area contributed by atoms with Crippen LogP contribution in [0.2, 0.25) is 0 Å². The van der Waals surface area contributed by atoms with Gasteiger partial charge in [-0.1, -0.05) is 11.6 Å². The second-order valence-electron chi connectivity index (χ2n) is 5.12. The van der Waals surface area contributed by atoms with Gasteiger partial charge in [-0.2, -0.15) is 0 Å². The van der Waals surface area contributed by atoms with Crippen LogP contribution in [0.3, 0.4) is 0 Å². The maximum atomic E-state index is 11.7. The van der Waals surface area contributed by atoms with Crippen LogP contribution >= 0.6 is 0 Å². The summed E-state index contributed by atoms with van der Waals surface area (Å²) in [4.78, 5) is 11.7. The van der Waals surface area contributed by atoms with Gasteiger partial charge in [0.1, 0.15) is 5.76 Å². The first kappa shape index (κ1) is 14.1. The average molecular weight is 266 g/mol. The number of ether oxygens (including phenoxy) is 1. The lowest BCUT2D eigenvalue weighted by molar-refractivity contribution is -0.149. The number of aryl methyl sites for hydroxylation is 1. The third-order valence-electron chi connectivity index (χ3n) is 3.54. The molecular weight excluding hydrogens is 244 g/mol. The number of nitrogens with one attached hydrogen (secondary N) is 1. The largest absolute Gasteiger partial charge is 0.466 e. The number of rotatable bonds is 5. The van der Waals surface area contributed by atoms with E-state index in [0.717, 1.165) is 37.1 Å². The second-order valence-corrected chi connectivity index (χ2v) is 5.12. The van der Waals surface area contributed by atoms with Gasteiger partial charge in [0.2, 0.25) is 0 Å². The Kier molecular flexibility index (Phi) is 4.96. The molecule has 1 aromatic heterocycles. The minimum Gasteiger partial charge on any atom is -0.466 e. The van der Waals surface area contributed by atoms with E-state index in [-0.39, 0.29) is 11.9 Å². The van der Waals surface area contributed by atoms with Crippen molar-refractivity contribution in [2.24, 2.45) is 5.92 Å². The molecule has 0 spiro atoms. The van der Waals surface area contributed by atoms with Gasteiger partial charge in [0.15, 0.2) is 0 Å². The fourth-order valence-corrected chi connectivity index (χ4v) is 2.60. The van der Waals surface area contributed by atoms with Gasteiger partial charge in [-0.3, -0.25) is 4.79 Å². The number of carbonyl (C=O) groups excluding carboxylic acids is 1. The van der Waals surface area contributed by atoms with E-state index in [1.54, 1.807) is 0 Å². The predicted molar refractivity (Wildman–Crippen MR) is 70.5 cm³/mol. The first-order valence-electron chi connectivity index (χ1n) is 7.01. The molecule has 0 aliphatic heterocycles.